The van der Waals surface area contributed by atoms with Crippen LogP contribution in [0.25, 0.3) is 0 Å². The number of allylic oxidation sites excluding steroid dienone is 1. The Hall–Kier alpha value is -1.01. The van der Waals surface area contributed by atoms with Crippen LogP contribution in [0.5, 0.6) is 0 Å². The molecule has 1 aliphatic heterocycles. The van der Waals surface area contributed by atoms with Crippen molar-refractivity contribution in [3.05, 3.63) is 44.6 Å². The highest BCUT2D eigenvalue weighted by Crippen LogP contribution is 2.36. The Balaban J connectivity index is 2.54. The molecule has 2 nitrogen and oxygen atoms in total. The molecule has 0 saturated carbocycles. The molecule has 0 fully saturated rings. The van der Waals surface area contributed by atoms with Crippen molar-refractivity contribution in [2.75, 3.05) is 0 Å². The van der Waals surface area contributed by atoms with Crippen molar-refractivity contribution in [1.82, 2.24) is 0 Å². The molecule has 2 rings (SSSR count). The fourth-order valence-corrected chi connectivity index (χ4v) is 2.79. The molecule has 1 atom stereocenters. The first kappa shape index (κ1) is 15.4. The van der Waals surface area contributed by atoms with Crippen molar-refractivity contribution in [2.45, 2.75) is 25.6 Å². The van der Waals surface area contributed by atoms with Crippen LogP contribution >= 0.6 is 27.5 Å². The van der Waals surface area contributed by atoms with Crippen molar-refractivity contribution in [3.63, 3.8) is 0 Å². The lowest BCUT2D eigenvalue weighted by molar-refractivity contribution is -0.137. The van der Waals surface area contributed by atoms with Crippen molar-refractivity contribution in [3.8, 4) is 0 Å². The molecule has 1 aromatic rings. The zero-order valence-electron chi connectivity index (χ0n) is 10.3. The average Bonchev–Trinajstić information content (AvgIpc) is 2.33. The Morgan fingerprint density at radius 2 is 2.05 bits per heavy atom. The Kier molecular flexibility index (Phi) is 4.16. The van der Waals surface area contributed by atoms with E-state index in [1.165, 1.54) is 6.07 Å². The first-order chi connectivity index (χ1) is 9.20. The van der Waals surface area contributed by atoms with Crippen LogP contribution in [0, 0.1) is 0 Å². The highest BCUT2D eigenvalue weighted by molar-refractivity contribution is 9.11. The average molecular weight is 369 g/mol. The smallest absolute Gasteiger partial charge is 0.417 e. The molecule has 0 aromatic heterocycles. The van der Waals surface area contributed by atoms with Gasteiger partial charge >= 0.3 is 6.18 Å². The first-order valence-electron chi connectivity index (χ1n) is 5.73. The van der Waals surface area contributed by atoms with Crippen LogP contribution in [0.4, 0.5) is 13.2 Å². The molecule has 0 radical (unpaired) electrons. The van der Waals surface area contributed by atoms with Crippen LogP contribution in [0.15, 0.2) is 33.4 Å². The van der Waals surface area contributed by atoms with Crippen molar-refractivity contribution in [1.29, 1.82) is 0 Å². The summed E-state index contributed by atoms with van der Waals surface area (Å²) in [5.74, 6) is -0.140. The zero-order chi connectivity index (χ0) is 15.1. The number of hydrogen-bond donors (Lipinski definition) is 1. The van der Waals surface area contributed by atoms with E-state index in [0.29, 0.717) is 10.9 Å². The van der Waals surface area contributed by atoms with Gasteiger partial charge in [0.2, 0.25) is 0 Å². The van der Waals surface area contributed by atoms with Gasteiger partial charge in [-0.2, -0.15) is 13.2 Å². The van der Waals surface area contributed by atoms with Gasteiger partial charge in [-0.1, -0.05) is 33.6 Å². The summed E-state index contributed by atoms with van der Waals surface area (Å²) in [4.78, 5) is 4.21. The van der Waals surface area contributed by atoms with Gasteiger partial charge in [0, 0.05) is 16.5 Å². The predicted molar refractivity (Wildman–Crippen MR) is 75.7 cm³/mol. The topological polar surface area (TPSA) is 32.6 Å². The maximum atomic E-state index is 12.8. The predicted octanol–water partition coefficient (Wildman–Crippen LogP) is 5.10. The first-order valence-corrected chi connectivity index (χ1v) is 6.90. The zero-order valence-corrected chi connectivity index (χ0v) is 12.6. The van der Waals surface area contributed by atoms with Gasteiger partial charge in [0.1, 0.15) is 5.71 Å². The standard InChI is InChI=1S/C13H10BrClF3NO/c1-6-4-9(14)12(20)11(19-6)7-2-3-10(15)8(5-7)13(16,17)18/h2-3,5-6,20H,4H2,1H3. The molecule has 20 heavy (non-hydrogen) atoms. The second kappa shape index (κ2) is 5.41. The molecule has 1 aliphatic rings. The molecule has 0 spiro atoms. The van der Waals surface area contributed by atoms with Crippen LogP contribution in [-0.4, -0.2) is 16.9 Å². The largest absolute Gasteiger partial charge is 0.505 e. The van der Waals surface area contributed by atoms with Crippen molar-refractivity contribution >= 4 is 33.2 Å². The number of aliphatic hydroxyl groups is 1. The number of dihydropyridines is 1. The lowest BCUT2D eigenvalue weighted by atomic mass is 10.0. The molecule has 0 bridgehead atoms. The third kappa shape index (κ3) is 3.01. The number of aliphatic imine (C=N–C) groups is 1. The maximum absolute atomic E-state index is 12.8. The molecule has 1 unspecified atom stereocenters. The fraction of sp³-hybridized carbons (Fsp3) is 0.308. The summed E-state index contributed by atoms with van der Waals surface area (Å²) in [6.45, 7) is 1.81. The minimum atomic E-state index is -4.55. The molecular weight excluding hydrogens is 358 g/mol. The monoisotopic (exact) mass is 367 g/mol. The van der Waals surface area contributed by atoms with Crippen LogP contribution in [0.3, 0.4) is 0 Å². The number of alkyl halides is 3. The van der Waals surface area contributed by atoms with E-state index in [9.17, 15) is 18.3 Å². The Morgan fingerprint density at radius 3 is 2.65 bits per heavy atom. The summed E-state index contributed by atoms with van der Waals surface area (Å²) in [6, 6.07) is 3.34. The van der Waals surface area contributed by atoms with E-state index >= 15 is 0 Å². The molecule has 0 aliphatic carbocycles. The second-order valence-electron chi connectivity index (χ2n) is 4.48. The molecule has 1 heterocycles. The van der Waals surface area contributed by atoms with Gasteiger partial charge in [0.05, 0.1) is 16.6 Å². The molecule has 0 amide bonds. The Morgan fingerprint density at radius 1 is 1.40 bits per heavy atom. The Bertz CT molecular complexity index is 610. The van der Waals surface area contributed by atoms with E-state index < -0.39 is 11.7 Å². The number of rotatable bonds is 1. The molecule has 0 saturated heterocycles. The van der Waals surface area contributed by atoms with Crippen LogP contribution < -0.4 is 0 Å². The van der Waals surface area contributed by atoms with Gasteiger partial charge in [-0.15, -0.1) is 0 Å². The minimum absolute atomic E-state index is 0.125. The number of aliphatic hydroxyl groups excluding tert-OH is 1. The number of benzene rings is 1. The van der Waals surface area contributed by atoms with E-state index in [2.05, 4.69) is 20.9 Å². The summed E-state index contributed by atoms with van der Waals surface area (Å²) in [7, 11) is 0. The molecule has 108 valence electrons. The van der Waals surface area contributed by atoms with Gasteiger partial charge in [0.15, 0.2) is 5.76 Å². The summed E-state index contributed by atoms with van der Waals surface area (Å²) in [6.07, 6.45) is -4.04. The molecule has 1 N–H and O–H groups in total. The normalized spacial score (nSPS) is 20.1. The second-order valence-corrected chi connectivity index (χ2v) is 5.84. The SMILES string of the molecule is CC1CC(Br)=C(O)C(c2ccc(Cl)c(C(F)(F)F)c2)=N1. The van der Waals surface area contributed by atoms with Crippen molar-refractivity contribution in [2.24, 2.45) is 4.99 Å². The van der Waals surface area contributed by atoms with Crippen molar-refractivity contribution < 1.29 is 18.3 Å². The summed E-state index contributed by atoms with van der Waals surface area (Å²) >= 11 is 8.77. The lowest BCUT2D eigenvalue weighted by Crippen LogP contribution is -2.18. The third-order valence-electron chi connectivity index (χ3n) is 2.85. The van der Waals surface area contributed by atoms with Crippen LogP contribution in [0.1, 0.15) is 24.5 Å². The number of hydrogen-bond acceptors (Lipinski definition) is 2. The highest BCUT2D eigenvalue weighted by atomic mass is 79.9. The lowest BCUT2D eigenvalue weighted by Gasteiger charge is -2.19. The van der Waals surface area contributed by atoms with Crippen LogP contribution in [0.2, 0.25) is 5.02 Å². The number of nitrogens with zero attached hydrogens (tertiary/aromatic N) is 1. The summed E-state index contributed by atoms with van der Waals surface area (Å²) in [5, 5.41) is 9.58. The Labute approximate surface area is 127 Å². The van der Waals surface area contributed by atoms with E-state index in [4.69, 9.17) is 11.6 Å². The highest BCUT2D eigenvalue weighted by Gasteiger charge is 2.34. The van der Waals surface area contributed by atoms with Gasteiger partial charge in [-0.3, -0.25) is 4.99 Å². The van der Waals surface area contributed by atoms with E-state index in [1.54, 1.807) is 0 Å². The molecular formula is C13H10BrClF3NO. The third-order valence-corrected chi connectivity index (χ3v) is 3.88. The van der Waals surface area contributed by atoms with Gasteiger partial charge in [0.25, 0.3) is 0 Å². The van der Waals surface area contributed by atoms with E-state index in [0.717, 1.165) is 12.1 Å². The molecule has 1 aromatic carbocycles. The van der Waals surface area contributed by atoms with Gasteiger partial charge in [-0.25, -0.2) is 0 Å². The molecule has 7 heteroatoms. The fourth-order valence-electron chi connectivity index (χ4n) is 1.91. The van der Waals surface area contributed by atoms with E-state index in [1.807, 2.05) is 6.92 Å². The van der Waals surface area contributed by atoms with Gasteiger partial charge < -0.3 is 5.11 Å². The van der Waals surface area contributed by atoms with Gasteiger partial charge in [-0.05, 0) is 19.1 Å². The quantitative estimate of drug-likeness (QED) is 0.734. The minimum Gasteiger partial charge on any atom is -0.505 e. The van der Waals surface area contributed by atoms with E-state index in [-0.39, 0.29) is 28.1 Å². The number of halogens is 5. The summed E-state index contributed by atoms with van der Waals surface area (Å²) < 4.78 is 39.0. The summed E-state index contributed by atoms with van der Waals surface area (Å²) in [5.41, 5.74) is -0.623. The maximum Gasteiger partial charge on any atom is 0.417 e. The van der Waals surface area contributed by atoms with Crippen LogP contribution in [-0.2, 0) is 6.18 Å².